The number of rotatable bonds is 4. The second-order valence-corrected chi connectivity index (χ2v) is 4.28. The number of alkyl halides is 3. The first-order valence-electron chi connectivity index (χ1n) is 5.68. The molecule has 1 aromatic carbocycles. The number of nitro groups is 1. The molecule has 0 radical (unpaired) electrons. The summed E-state index contributed by atoms with van der Waals surface area (Å²) in [5.74, 6) is 0.427. The van der Waals surface area contributed by atoms with Gasteiger partial charge in [0.15, 0.2) is 11.5 Å². The number of benzene rings is 1. The number of nitro benzene ring substituents is 1. The van der Waals surface area contributed by atoms with Crippen molar-refractivity contribution >= 4 is 5.69 Å². The van der Waals surface area contributed by atoms with E-state index in [1.54, 1.807) is 0 Å². The third-order valence-electron chi connectivity index (χ3n) is 2.86. The maximum absolute atomic E-state index is 12.2. The van der Waals surface area contributed by atoms with E-state index in [1.165, 1.54) is 6.07 Å². The Bertz CT molecular complexity index is 533. The molecule has 0 unspecified atom stereocenters. The summed E-state index contributed by atoms with van der Waals surface area (Å²) in [7, 11) is 0. The van der Waals surface area contributed by atoms with Gasteiger partial charge in [0.2, 0.25) is 6.79 Å². The highest BCUT2D eigenvalue weighted by molar-refractivity contribution is 5.56. The van der Waals surface area contributed by atoms with Crippen LogP contribution in [-0.4, -0.2) is 17.9 Å². The van der Waals surface area contributed by atoms with Crippen LogP contribution in [0.3, 0.4) is 0 Å². The van der Waals surface area contributed by atoms with Crippen molar-refractivity contribution in [3.05, 3.63) is 27.8 Å². The van der Waals surface area contributed by atoms with Gasteiger partial charge in [0, 0.05) is 12.5 Å². The zero-order valence-corrected chi connectivity index (χ0v) is 10.1. The summed E-state index contributed by atoms with van der Waals surface area (Å²) in [6, 6.07) is 1.28. The predicted molar refractivity (Wildman–Crippen MR) is 61.4 cm³/mol. The number of nitrogens with two attached hydrogens (primary N) is 1. The maximum atomic E-state index is 12.2. The van der Waals surface area contributed by atoms with Crippen molar-refractivity contribution in [1.29, 1.82) is 0 Å². The van der Waals surface area contributed by atoms with E-state index >= 15 is 0 Å². The molecule has 0 aliphatic carbocycles. The average Bonchev–Trinajstić information content (AvgIpc) is 2.80. The predicted octanol–water partition coefficient (Wildman–Crippen LogP) is 2.67. The molecule has 2 rings (SSSR count). The fourth-order valence-electron chi connectivity index (χ4n) is 1.88. The minimum Gasteiger partial charge on any atom is -0.454 e. The summed E-state index contributed by atoms with van der Waals surface area (Å²) in [5, 5.41) is 11.0. The fraction of sp³-hybridized carbons (Fsp3) is 0.455. The molecule has 0 amide bonds. The zero-order chi connectivity index (χ0) is 14.9. The lowest BCUT2D eigenvalue weighted by Crippen LogP contribution is -2.17. The Balaban J connectivity index is 2.27. The van der Waals surface area contributed by atoms with Gasteiger partial charge in [-0.1, -0.05) is 0 Å². The molecule has 110 valence electrons. The van der Waals surface area contributed by atoms with E-state index in [2.05, 4.69) is 0 Å². The maximum Gasteiger partial charge on any atom is 0.389 e. The molecule has 2 N–H and O–H groups in total. The third kappa shape index (κ3) is 3.10. The number of fused-ring (bicyclic) bond motifs is 1. The molecule has 0 fully saturated rings. The van der Waals surface area contributed by atoms with Crippen molar-refractivity contribution < 1.29 is 27.6 Å². The van der Waals surface area contributed by atoms with E-state index in [1.807, 2.05) is 0 Å². The van der Waals surface area contributed by atoms with Crippen molar-refractivity contribution in [1.82, 2.24) is 0 Å². The Hall–Kier alpha value is -2.03. The SMILES string of the molecule is N[C@H](CCC(F)(F)F)c1cc2c(cc1[N+](=O)[O-])OCO2. The van der Waals surface area contributed by atoms with Gasteiger partial charge >= 0.3 is 6.18 Å². The summed E-state index contributed by atoms with van der Waals surface area (Å²) in [4.78, 5) is 10.3. The van der Waals surface area contributed by atoms with Crippen molar-refractivity contribution in [2.75, 3.05) is 6.79 Å². The number of nitrogens with zero attached hydrogens (tertiary/aromatic N) is 1. The average molecular weight is 292 g/mol. The standard InChI is InChI=1S/C11H11F3N2O4/c12-11(13,14)2-1-7(15)6-3-9-10(20-5-19-9)4-8(6)16(17)18/h3-4,7H,1-2,5,15H2/t7-/m1/s1. The molecule has 1 atom stereocenters. The molecule has 1 heterocycles. The molecule has 20 heavy (non-hydrogen) atoms. The molecule has 1 aromatic rings. The van der Waals surface area contributed by atoms with Gasteiger partial charge in [0.1, 0.15) is 0 Å². The van der Waals surface area contributed by atoms with Crippen LogP contribution in [0.5, 0.6) is 11.5 Å². The van der Waals surface area contributed by atoms with Crippen LogP contribution < -0.4 is 15.2 Å². The lowest BCUT2D eigenvalue weighted by Gasteiger charge is -2.14. The Morgan fingerprint density at radius 3 is 2.50 bits per heavy atom. The molecule has 1 aliphatic rings. The van der Waals surface area contributed by atoms with Crippen molar-refractivity contribution in [3.63, 3.8) is 0 Å². The summed E-state index contributed by atoms with van der Waals surface area (Å²) in [6.45, 7) is -0.0896. The van der Waals surface area contributed by atoms with Crippen LogP contribution in [0.25, 0.3) is 0 Å². The van der Waals surface area contributed by atoms with Gasteiger partial charge in [-0.15, -0.1) is 0 Å². The Labute approximate surface area is 111 Å². The summed E-state index contributed by atoms with van der Waals surface area (Å²) < 4.78 is 46.6. The van der Waals surface area contributed by atoms with Crippen LogP contribution in [0.2, 0.25) is 0 Å². The second-order valence-electron chi connectivity index (χ2n) is 4.28. The minimum absolute atomic E-state index is 0.00324. The van der Waals surface area contributed by atoms with Gasteiger partial charge < -0.3 is 15.2 Å². The Morgan fingerprint density at radius 2 is 1.95 bits per heavy atom. The van der Waals surface area contributed by atoms with Gasteiger partial charge in [-0.2, -0.15) is 13.2 Å². The largest absolute Gasteiger partial charge is 0.454 e. The first kappa shape index (κ1) is 14.4. The van der Waals surface area contributed by atoms with Gasteiger partial charge in [-0.25, -0.2) is 0 Å². The van der Waals surface area contributed by atoms with Crippen LogP contribution in [-0.2, 0) is 0 Å². The van der Waals surface area contributed by atoms with Gasteiger partial charge in [-0.05, 0) is 12.5 Å². The van der Waals surface area contributed by atoms with E-state index in [-0.39, 0.29) is 29.5 Å². The molecule has 9 heteroatoms. The van der Waals surface area contributed by atoms with Crippen molar-refractivity contribution in [3.8, 4) is 11.5 Å². The Morgan fingerprint density at radius 1 is 1.35 bits per heavy atom. The molecule has 6 nitrogen and oxygen atoms in total. The molecule has 0 bridgehead atoms. The molecular weight excluding hydrogens is 281 g/mol. The van der Waals surface area contributed by atoms with E-state index in [0.717, 1.165) is 6.07 Å². The smallest absolute Gasteiger partial charge is 0.389 e. The molecule has 0 saturated carbocycles. The van der Waals surface area contributed by atoms with Crippen molar-refractivity contribution in [2.24, 2.45) is 5.73 Å². The Kier molecular flexibility index (Phi) is 3.71. The summed E-state index contributed by atoms with van der Waals surface area (Å²) in [5.41, 5.74) is 5.27. The van der Waals surface area contributed by atoms with E-state index in [9.17, 15) is 23.3 Å². The normalized spacial score (nSPS) is 15.2. The molecular formula is C11H11F3N2O4. The fourth-order valence-corrected chi connectivity index (χ4v) is 1.88. The number of halogens is 3. The number of hydrogen-bond donors (Lipinski definition) is 1. The van der Waals surface area contributed by atoms with Gasteiger partial charge in [0.05, 0.1) is 16.6 Å². The van der Waals surface area contributed by atoms with Crippen molar-refractivity contribution in [2.45, 2.75) is 25.1 Å². The lowest BCUT2D eigenvalue weighted by atomic mass is 10.00. The highest BCUT2D eigenvalue weighted by Gasteiger charge is 2.31. The highest BCUT2D eigenvalue weighted by atomic mass is 19.4. The second kappa shape index (κ2) is 5.16. The minimum atomic E-state index is -4.36. The zero-order valence-electron chi connectivity index (χ0n) is 10.1. The van der Waals surface area contributed by atoms with Crippen LogP contribution in [0.1, 0.15) is 24.4 Å². The molecule has 0 saturated heterocycles. The highest BCUT2D eigenvalue weighted by Crippen LogP contribution is 2.41. The third-order valence-corrected chi connectivity index (χ3v) is 2.86. The van der Waals surface area contributed by atoms with Crippen LogP contribution in [0, 0.1) is 10.1 Å². The number of ether oxygens (including phenoxy) is 2. The van der Waals surface area contributed by atoms with E-state index in [0.29, 0.717) is 0 Å². The molecule has 1 aliphatic heterocycles. The monoisotopic (exact) mass is 292 g/mol. The van der Waals surface area contributed by atoms with Crippen LogP contribution in [0.15, 0.2) is 12.1 Å². The summed E-state index contributed by atoms with van der Waals surface area (Å²) in [6.07, 6.45) is -5.91. The van der Waals surface area contributed by atoms with E-state index in [4.69, 9.17) is 15.2 Å². The van der Waals surface area contributed by atoms with Gasteiger partial charge in [-0.3, -0.25) is 10.1 Å². The van der Waals surface area contributed by atoms with Gasteiger partial charge in [0.25, 0.3) is 5.69 Å². The number of hydrogen-bond acceptors (Lipinski definition) is 5. The first-order chi connectivity index (χ1) is 9.28. The van der Waals surface area contributed by atoms with Crippen LogP contribution >= 0.6 is 0 Å². The van der Waals surface area contributed by atoms with E-state index < -0.39 is 30.0 Å². The quantitative estimate of drug-likeness (QED) is 0.681. The molecule has 0 aromatic heterocycles. The summed E-state index contributed by atoms with van der Waals surface area (Å²) >= 11 is 0. The first-order valence-corrected chi connectivity index (χ1v) is 5.68. The van der Waals surface area contributed by atoms with Crippen LogP contribution in [0.4, 0.5) is 18.9 Å². The lowest BCUT2D eigenvalue weighted by molar-refractivity contribution is -0.385. The topological polar surface area (TPSA) is 87.6 Å². The molecule has 0 spiro atoms.